The summed E-state index contributed by atoms with van der Waals surface area (Å²) >= 11 is 0. The van der Waals surface area contributed by atoms with Gasteiger partial charge in [-0.2, -0.15) is 0 Å². The summed E-state index contributed by atoms with van der Waals surface area (Å²) < 4.78 is 5.36. The van der Waals surface area contributed by atoms with Crippen LogP contribution in [0.2, 0.25) is 0 Å². The summed E-state index contributed by atoms with van der Waals surface area (Å²) in [5.74, 6) is 0.773. The lowest BCUT2D eigenvalue weighted by molar-refractivity contribution is -0.118. The number of hydrogen-bond acceptors (Lipinski definition) is 4. The fourth-order valence-corrected chi connectivity index (χ4v) is 2.40. The molecule has 1 fully saturated rings. The van der Waals surface area contributed by atoms with Crippen molar-refractivity contribution in [2.24, 2.45) is 0 Å². The molecule has 1 amide bonds. The van der Waals surface area contributed by atoms with Crippen molar-refractivity contribution < 1.29 is 14.6 Å². The lowest BCUT2D eigenvalue weighted by atomic mass is 9.94. The molecule has 1 aromatic rings. The average Bonchev–Trinajstić information content (AvgIpc) is 2.44. The Bertz CT molecular complexity index is 461. The summed E-state index contributed by atoms with van der Waals surface area (Å²) in [7, 11) is 0. The number of amides is 1. The molecular formula is C16H24N2O3. The lowest BCUT2D eigenvalue weighted by Gasteiger charge is -2.35. The average molecular weight is 292 g/mol. The first-order valence-electron chi connectivity index (χ1n) is 7.46. The number of carbonyl (C=O) groups excluding carboxylic acids is 1. The van der Waals surface area contributed by atoms with Crippen molar-refractivity contribution in [1.29, 1.82) is 0 Å². The van der Waals surface area contributed by atoms with Crippen LogP contribution < -0.4 is 10.1 Å². The van der Waals surface area contributed by atoms with E-state index in [0.717, 1.165) is 24.5 Å². The molecular weight excluding hydrogens is 268 g/mol. The van der Waals surface area contributed by atoms with Crippen LogP contribution in [-0.4, -0.2) is 47.8 Å². The topological polar surface area (TPSA) is 61.8 Å². The highest BCUT2D eigenvalue weighted by Crippen LogP contribution is 2.21. The largest absolute Gasteiger partial charge is 0.494 e. The quantitative estimate of drug-likeness (QED) is 0.870. The van der Waals surface area contributed by atoms with Crippen LogP contribution in [0.3, 0.4) is 0 Å². The van der Waals surface area contributed by atoms with E-state index in [9.17, 15) is 9.90 Å². The van der Waals surface area contributed by atoms with Gasteiger partial charge in [-0.3, -0.25) is 9.69 Å². The van der Waals surface area contributed by atoms with E-state index in [4.69, 9.17) is 4.74 Å². The smallest absolute Gasteiger partial charge is 0.238 e. The summed E-state index contributed by atoms with van der Waals surface area (Å²) in [6.45, 7) is 6.29. The third-order valence-electron chi connectivity index (χ3n) is 3.75. The van der Waals surface area contributed by atoms with Crippen LogP contribution in [0.4, 0.5) is 5.69 Å². The van der Waals surface area contributed by atoms with Crippen LogP contribution in [0, 0.1) is 0 Å². The highest BCUT2D eigenvalue weighted by molar-refractivity contribution is 5.92. The minimum atomic E-state index is -0.581. The molecule has 0 spiro atoms. The molecule has 1 aliphatic rings. The van der Waals surface area contributed by atoms with Gasteiger partial charge < -0.3 is 15.2 Å². The Labute approximate surface area is 125 Å². The Balaban J connectivity index is 1.79. The minimum absolute atomic E-state index is 0.0271. The zero-order chi connectivity index (χ0) is 15.3. The number of ether oxygens (including phenoxy) is 1. The van der Waals surface area contributed by atoms with E-state index in [1.54, 1.807) is 0 Å². The molecule has 1 saturated heterocycles. The molecule has 0 aliphatic carbocycles. The third-order valence-corrected chi connectivity index (χ3v) is 3.75. The second kappa shape index (κ2) is 6.91. The molecule has 0 saturated carbocycles. The van der Waals surface area contributed by atoms with Crippen LogP contribution >= 0.6 is 0 Å². The second-order valence-corrected chi connectivity index (χ2v) is 5.78. The van der Waals surface area contributed by atoms with E-state index < -0.39 is 5.60 Å². The minimum Gasteiger partial charge on any atom is -0.494 e. The van der Waals surface area contributed by atoms with Crippen molar-refractivity contribution in [3.05, 3.63) is 24.3 Å². The van der Waals surface area contributed by atoms with E-state index in [-0.39, 0.29) is 5.91 Å². The van der Waals surface area contributed by atoms with Crippen LogP contribution in [-0.2, 0) is 4.79 Å². The van der Waals surface area contributed by atoms with Crippen LogP contribution in [0.5, 0.6) is 5.75 Å². The van der Waals surface area contributed by atoms with Crippen molar-refractivity contribution >= 4 is 11.6 Å². The fourth-order valence-electron chi connectivity index (χ4n) is 2.40. The first-order valence-corrected chi connectivity index (χ1v) is 7.46. The molecule has 116 valence electrons. The number of aliphatic hydroxyl groups is 1. The molecule has 2 rings (SSSR count). The zero-order valence-electron chi connectivity index (χ0n) is 12.8. The van der Waals surface area contributed by atoms with Crippen LogP contribution in [0.25, 0.3) is 0 Å². The number of hydrogen-bond donors (Lipinski definition) is 2. The summed E-state index contributed by atoms with van der Waals surface area (Å²) in [4.78, 5) is 14.1. The molecule has 0 atom stereocenters. The maximum Gasteiger partial charge on any atom is 0.238 e. The Kier molecular flexibility index (Phi) is 5.20. The molecule has 1 aliphatic heterocycles. The summed E-state index contributed by atoms with van der Waals surface area (Å²) in [6.07, 6.45) is 1.42. The number of likely N-dealkylation sites (tertiary alicyclic amines) is 1. The van der Waals surface area contributed by atoms with Gasteiger partial charge in [0.1, 0.15) is 5.75 Å². The number of piperidine rings is 1. The number of anilines is 1. The van der Waals surface area contributed by atoms with Crippen molar-refractivity contribution in [2.45, 2.75) is 32.3 Å². The molecule has 2 N–H and O–H groups in total. The second-order valence-electron chi connectivity index (χ2n) is 5.78. The van der Waals surface area contributed by atoms with E-state index >= 15 is 0 Å². The third kappa shape index (κ3) is 5.02. The predicted octanol–water partition coefficient (Wildman–Crippen LogP) is 1.87. The number of rotatable bonds is 5. The number of benzene rings is 1. The summed E-state index contributed by atoms with van der Waals surface area (Å²) in [6, 6.07) is 7.36. The van der Waals surface area contributed by atoms with E-state index in [2.05, 4.69) is 10.2 Å². The summed E-state index contributed by atoms with van der Waals surface area (Å²) in [5.41, 5.74) is 0.190. The van der Waals surface area contributed by atoms with Crippen LogP contribution in [0.15, 0.2) is 24.3 Å². The lowest BCUT2D eigenvalue weighted by Crippen LogP contribution is -2.45. The van der Waals surface area contributed by atoms with Gasteiger partial charge in [0.2, 0.25) is 5.91 Å². The van der Waals surface area contributed by atoms with Gasteiger partial charge in [0, 0.05) is 18.8 Å². The normalized spacial score (nSPS) is 18.2. The maximum atomic E-state index is 12.0. The Morgan fingerprint density at radius 3 is 2.52 bits per heavy atom. The molecule has 5 heteroatoms. The van der Waals surface area contributed by atoms with Gasteiger partial charge >= 0.3 is 0 Å². The van der Waals surface area contributed by atoms with Crippen molar-refractivity contribution in [3.63, 3.8) is 0 Å². The number of nitrogens with one attached hydrogen (secondary N) is 1. The Morgan fingerprint density at radius 2 is 1.95 bits per heavy atom. The van der Waals surface area contributed by atoms with Gasteiger partial charge in [-0.15, -0.1) is 0 Å². The molecule has 0 unspecified atom stereocenters. The van der Waals surface area contributed by atoms with Gasteiger partial charge in [-0.05, 0) is 51.0 Å². The number of carbonyl (C=O) groups is 1. The standard InChI is InChI=1S/C16H24N2O3/c1-3-21-14-6-4-13(5-7-14)17-15(19)12-18-10-8-16(2,20)9-11-18/h4-7,20H,3,8-12H2,1-2H3,(H,17,19). The highest BCUT2D eigenvalue weighted by atomic mass is 16.5. The first kappa shape index (κ1) is 15.8. The van der Waals surface area contributed by atoms with Gasteiger partial charge in [0.05, 0.1) is 18.8 Å². The van der Waals surface area contributed by atoms with Gasteiger partial charge in [-0.25, -0.2) is 0 Å². The molecule has 1 aromatic carbocycles. The molecule has 1 heterocycles. The zero-order valence-corrected chi connectivity index (χ0v) is 12.8. The van der Waals surface area contributed by atoms with Gasteiger partial charge in [0.15, 0.2) is 0 Å². The maximum absolute atomic E-state index is 12.0. The summed E-state index contributed by atoms with van der Waals surface area (Å²) in [5, 5.41) is 12.8. The molecule has 21 heavy (non-hydrogen) atoms. The SMILES string of the molecule is CCOc1ccc(NC(=O)CN2CCC(C)(O)CC2)cc1. The Hall–Kier alpha value is -1.59. The molecule has 0 aromatic heterocycles. The van der Waals surface area contributed by atoms with Gasteiger partial charge in [-0.1, -0.05) is 0 Å². The van der Waals surface area contributed by atoms with Crippen molar-refractivity contribution in [3.8, 4) is 5.75 Å². The molecule has 0 radical (unpaired) electrons. The predicted molar refractivity (Wildman–Crippen MR) is 82.5 cm³/mol. The monoisotopic (exact) mass is 292 g/mol. The fraction of sp³-hybridized carbons (Fsp3) is 0.562. The van der Waals surface area contributed by atoms with E-state index in [1.807, 2.05) is 38.1 Å². The molecule has 5 nitrogen and oxygen atoms in total. The highest BCUT2D eigenvalue weighted by Gasteiger charge is 2.27. The van der Waals surface area contributed by atoms with E-state index in [0.29, 0.717) is 26.0 Å². The number of nitrogens with zero attached hydrogens (tertiary/aromatic N) is 1. The van der Waals surface area contributed by atoms with E-state index in [1.165, 1.54) is 0 Å². The molecule has 0 bridgehead atoms. The first-order chi connectivity index (χ1) is 9.98. The van der Waals surface area contributed by atoms with Crippen molar-refractivity contribution in [2.75, 3.05) is 31.6 Å². The van der Waals surface area contributed by atoms with Crippen LogP contribution in [0.1, 0.15) is 26.7 Å². The Morgan fingerprint density at radius 1 is 1.33 bits per heavy atom. The van der Waals surface area contributed by atoms with Gasteiger partial charge in [0.25, 0.3) is 0 Å². The van der Waals surface area contributed by atoms with Crippen molar-refractivity contribution in [1.82, 2.24) is 4.90 Å².